The molecule has 0 spiro atoms. The molecular formula is C40H45ClN8O4S2. The molecule has 0 aliphatic rings. The van der Waals surface area contributed by atoms with Crippen molar-refractivity contribution in [2.75, 3.05) is 26.2 Å². The molecule has 0 aliphatic heterocycles. The van der Waals surface area contributed by atoms with Crippen LogP contribution in [0.2, 0.25) is 0 Å². The molecular weight excluding hydrogens is 756 g/mol. The Kier molecular flexibility index (Phi) is 17.4. The van der Waals surface area contributed by atoms with E-state index in [1.54, 1.807) is 48.5 Å². The van der Waals surface area contributed by atoms with Gasteiger partial charge in [0.05, 0.1) is 22.2 Å². The topological polar surface area (TPSA) is 196 Å². The summed E-state index contributed by atoms with van der Waals surface area (Å²) in [6.45, 7) is 2.63. The van der Waals surface area contributed by atoms with Crippen molar-refractivity contribution in [1.29, 1.82) is 0 Å². The van der Waals surface area contributed by atoms with Gasteiger partial charge in [0.25, 0.3) is 22.9 Å². The third kappa shape index (κ3) is 12.5. The van der Waals surface area contributed by atoms with Gasteiger partial charge in [-0.25, -0.2) is 9.97 Å². The Morgan fingerprint density at radius 1 is 0.509 bits per heavy atom. The first kappa shape index (κ1) is 42.7. The van der Waals surface area contributed by atoms with Crippen molar-refractivity contribution >= 4 is 67.1 Å². The molecule has 15 heteroatoms. The lowest BCUT2D eigenvalue weighted by atomic mass is 10.2. The minimum absolute atomic E-state index is 0. The lowest BCUT2D eigenvalue weighted by Crippen LogP contribution is -2.25. The van der Waals surface area contributed by atoms with Gasteiger partial charge in [0.2, 0.25) is 0 Å². The van der Waals surface area contributed by atoms with Crippen molar-refractivity contribution in [2.45, 2.75) is 51.4 Å². The Labute approximate surface area is 333 Å². The molecule has 0 aliphatic carbocycles. The number of hydrogen-bond donors (Lipinski definition) is 4. The lowest BCUT2D eigenvalue weighted by molar-refractivity contribution is 0.0940. The number of pyridine rings is 2. The van der Waals surface area contributed by atoms with Crippen molar-refractivity contribution in [2.24, 2.45) is 11.5 Å². The monoisotopic (exact) mass is 800 g/mol. The van der Waals surface area contributed by atoms with Crippen LogP contribution in [-0.2, 0) is 0 Å². The molecule has 0 saturated carbocycles. The molecule has 6 N–H and O–H groups in total. The number of benzene rings is 2. The normalized spacial score (nSPS) is 10.7. The van der Waals surface area contributed by atoms with E-state index in [2.05, 4.69) is 30.6 Å². The van der Waals surface area contributed by atoms with E-state index in [4.69, 9.17) is 11.5 Å². The Balaban J connectivity index is 0.000000240. The molecule has 0 fully saturated rings. The van der Waals surface area contributed by atoms with Gasteiger partial charge in [-0.05, 0) is 87.3 Å². The molecule has 12 nitrogen and oxygen atoms in total. The molecule has 0 bridgehead atoms. The van der Waals surface area contributed by atoms with Crippen molar-refractivity contribution in [3.05, 3.63) is 117 Å². The molecule has 0 atom stereocenters. The van der Waals surface area contributed by atoms with Crippen LogP contribution in [0.4, 0.5) is 0 Å². The highest BCUT2D eigenvalue weighted by Gasteiger charge is 2.13. The fourth-order valence-corrected chi connectivity index (χ4v) is 7.37. The lowest BCUT2D eigenvalue weighted by Gasteiger charge is -2.06. The summed E-state index contributed by atoms with van der Waals surface area (Å²) < 4.78 is 1.70. The van der Waals surface area contributed by atoms with E-state index in [-0.39, 0.29) is 35.3 Å². The van der Waals surface area contributed by atoms with Crippen LogP contribution in [0.3, 0.4) is 0 Å². The predicted octanol–water partition coefficient (Wildman–Crippen LogP) is 6.36. The number of nitrogens with two attached hydrogens (primary N) is 2. The van der Waals surface area contributed by atoms with E-state index in [0.29, 0.717) is 69.7 Å². The van der Waals surface area contributed by atoms with Gasteiger partial charge < -0.3 is 22.1 Å². The van der Waals surface area contributed by atoms with Gasteiger partial charge in [0.1, 0.15) is 21.4 Å². The number of nitrogens with one attached hydrogen (secondary N) is 2. The Bertz CT molecular complexity index is 2140. The number of carbonyl (C=O) groups is 2. The summed E-state index contributed by atoms with van der Waals surface area (Å²) in [5, 5.41) is 7.97. The van der Waals surface area contributed by atoms with Gasteiger partial charge in [0, 0.05) is 22.5 Å². The first-order valence-electron chi connectivity index (χ1n) is 18.1. The minimum atomic E-state index is -0.284. The third-order valence-electron chi connectivity index (χ3n) is 8.29. The van der Waals surface area contributed by atoms with Crippen LogP contribution < -0.4 is 33.2 Å². The largest absolute Gasteiger partial charge is 0.351 e. The summed E-state index contributed by atoms with van der Waals surface area (Å²) in [6.07, 6.45) is 8.09. The molecule has 0 unspecified atom stereocenters. The van der Waals surface area contributed by atoms with Crippen LogP contribution in [0.25, 0.3) is 41.6 Å². The van der Waals surface area contributed by atoms with Crippen molar-refractivity contribution in [3.8, 4) is 21.4 Å². The summed E-state index contributed by atoms with van der Waals surface area (Å²) in [5.74, 6) is -0.437. The van der Waals surface area contributed by atoms with Crippen molar-refractivity contribution in [3.63, 3.8) is 0 Å². The number of unbranched alkanes of at least 4 members (excludes halogenated alkanes) is 6. The molecule has 2 amide bonds. The second kappa shape index (κ2) is 22.4. The number of fused-ring (bicyclic) bond motifs is 2. The highest BCUT2D eigenvalue weighted by atomic mass is 35.5. The Morgan fingerprint density at radius 3 is 1.33 bits per heavy atom. The molecule has 2 aromatic carbocycles. The average molecular weight is 801 g/mol. The van der Waals surface area contributed by atoms with Gasteiger partial charge in [-0.15, -0.1) is 35.1 Å². The molecule has 6 rings (SSSR count). The van der Waals surface area contributed by atoms with E-state index >= 15 is 0 Å². The van der Waals surface area contributed by atoms with Crippen molar-refractivity contribution < 1.29 is 9.59 Å². The van der Waals surface area contributed by atoms with Crippen LogP contribution in [0.15, 0.2) is 94.5 Å². The van der Waals surface area contributed by atoms with Crippen molar-refractivity contribution in [1.82, 2.24) is 30.6 Å². The number of hydrogen-bond acceptors (Lipinski definition) is 12. The van der Waals surface area contributed by atoms with Gasteiger partial charge in [-0.1, -0.05) is 62.1 Å². The molecule has 55 heavy (non-hydrogen) atoms. The summed E-state index contributed by atoms with van der Waals surface area (Å²) >= 11 is 2.78. The smallest absolute Gasteiger partial charge is 0.279 e. The zero-order chi connectivity index (χ0) is 38.1. The molecule has 288 valence electrons. The first-order valence-corrected chi connectivity index (χ1v) is 19.7. The SMILES string of the molecule is Cl.NCCCCCCNC(=O)c1cccc(-c2nc(=O)c3ccccc3s2)n1.NCCCCCCNC(=O)c1cccc(-c2nc(=O)c3ccccc3s2)n1. The van der Waals surface area contributed by atoms with Gasteiger partial charge in [-0.2, -0.15) is 9.97 Å². The molecule has 4 heterocycles. The zero-order valence-corrected chi connectivity index (χ0v) is 32.8. The number of amides is 2. The molecule has 4 aromatic heterocycles. The fraction of sp³-hybridized carbons (Fsp3) is 0.300. The fourth-order valence-electron chi connectivity index (χ4n) is 5.43. The highest BCUT2D eigenvalue weighted by Crippen LogP contribution is 2.26. The quantitative estimate of drug-likeness (QED) is 0.0801. The second-order valence-corrected chi connectivity index (χ2v) is 14.4. The molecule has 0 saturated heterocycles. The predicted molar refractivity (Wildman–Crippen MR) is 225 cm³/mol. The standard InChI is InChI=1S/2C20H22N4O2S.ClH/c2*21-12-5-1-2-6-13-22-19(26)15-9-7-10-16(23-15)20-24-18(25)14-8-3-4-11-17(14)27-20;/h2*3-4,7-11H,1-2,5-6,12-13,21H2,(H,22,26);1H. The van der Waals surface area contributed by atoms with E-state index in [0.717, 1.165) is 60.8 Å². The minimum Gasteiger partial charge on any atom is -0.351 e. The maximum atomic E-state index is 12.3. The van der Waals surface area contributed by atoms with Crippen LogP contribution in [0.1, 0.15) is 72.3 Å². The maximum absolute atomic E-state index is 12.3. The maximum Gasteiger partial charge on any atom is 0.279 e. The number of halogens is 1. The Hall–Kier alpha value is -4.99. The number of nitrogens with zero attached hydrogens (tertiary/aromatic N) is 4. The summed E-state index contributed by atoms with van der Waals surface area (Å²) in [5.41, 5.74) is 12.1. The molecule has 0 radical (unpaired) electrons. The number of carbonyl (C=O) groups excluding carboxylic acids is 2. The summed E-state index contributed by atoms with van der Waals surface area (Å²) in [7, 11) is 0. The third-order valence-corrected chi connectivity index (χ3v) is 10.4. The summed E-state index contributed by atoms with van der Waals surface area (Å²) in [6, 6.07) is 25.0. The number of aromatic nitrogens is 4. The van der Waals surface area contributed by atoms with E-state index in [1.165, 1.54) is 22.7 Å². The van der Waals surface area contributed by atoms with Crippen LogP contribution in [0, 0.1) is 0 Å². The molecule has 6 aromatic rings. The Morgan fingerprint density at radius 2 is 0.909 bits per heavy atom. The second-order valence-electron chi connectivity index (χ2n) is 12.4. The zero-order valence-electron chi connectivity index (χ0n) is 30.4. The first-order chi connectivity index (χ1) is 26.4. The van der Waals surface area contributed by atoms with E-state index in [1.807, 2.05) is 36.4 Å². The highest BCUT2D eigenvalue weighted by molar-refractivity contribution is 7.21. The van der Waals surface area contributed by atoms with Crippen LogP contribution in [0.5, 0.6) is 0 Å². The van der Waals surface area contributed by atoms with E-state index in [9.17, 15) is 19.2 Å². The number of rotatable bonds is 16. The van der Waals surface area contributed by atoms with Crippen LogP contribution in [-0.4, -0.2) is 57.9 Å². The summed E-state index contributed by atoms with van der Waals surface area (Å²) in [4.78, 5) is 66.2. The van der Waals surface area contributed by atoms with Crippen LogP contribution >= 0.6 is 35.1 Å². The van der Waals surface area contributed by atoms with Gasteiger partial charge >= 0.3 is 0 Å². The average Bonchev–Trinajstić information content (AvgIpc) is 3.20. The van der Waals surface area contributed by atoms with Gasteiger partial charge in [-0.3, -0.25) is 19.2 Å². The van der Waals surface area contributed by atoms with E-state index < -0.39 is 0 Å². The van der Waals surface area contributed by atoms with Gasteiger partial charge in [0.15, 0.2) is 0 Å².